The Bertz CT molecular complexity index is 596. The van der Waals surface area contributed by atoms with E-state index in [0.717, 1.165) is 5.56 Å². The van der Waals surface area contributed by atoms with Gasteiger partial charge in [-0.3, -0.25) is 4.79 Å². The molecule has 104 valence electrons. The second-order valence-corrected chi connectivity index (χ2v) is 5.49. The molecule has 0 aliphatic heterocycles. The zero-order valence-corrected chi connectivity index (χ0v) is 12.6. The van der Waals surface area contributed by atoms with Gasteiger partial charge < -0.3 is 5.32 Å². The number of rotatable bonds is 4. The number of benzene rings is 2. The number of halogens is 2. The molecule has 0 heterocycles. The minimum Gasteiger partial charge on any atom is -0.351 e. The lowest BCUT2D eigenvalue weighted by Crippen LogP contribution is -2.27. The largest absolute Gasteiger partial charge is 0.351 e. The number of carbonyl (C=O) groups is 1. The van der Waals surface area contributed by atoms with E-state index in [1.165, 1.54) is 0 Å². The van der Waals surface area contributed by atoms with Gasteiger partial charge >= 0.3 is 0 Å². The third kappa shape index (κ3) is 3.75. The molecule has 1 N–H and O–H groups in total. The summed E-state index contributed by atoms with van der Waals surface area (Å²) in [5.74, 6) is 0.0510. The van der Waals surface area contributed by atoms with E-state index in [1.807, 2.05) is 24.3 Å². The molecule has 0 aliphatic rings. The highest BCUT2D eigenvalue weighted by molar-refractivity contribution is 6.33. The summed E-state index contributed by atoms with van der Waals surface area (Å²) in [6, 6.07) is 14.7. The average molecular weight is 308 g/mol. The molecule has 0 aromatic heterocycles. The first-order chi connectivity index (χ1) is 9.58. The fraction of sp³-hybridized carbons (Fsp3) is 0.188. The standard InChI is InChI=1S/C16H15Cl2NO/c1-11(12-6-8-13(17)9-7-12)10-19-16(20)14-4-2-3-5-15(14)18/h2-9,11H,10H2,1H3,(H,19,20). The van der Waals surface area contributed by atoms with E-state index in [4.69, 9.17) is 23.2 Å². The molecule has 0 saturated heterocycles. The smallest absolute Gasteiger partial charge is 0.252 e. The van der Waals surface area contributed by atoms with Gasteiger partial charge in [-0.05, 0) is 35.7 Å². The zero-order valence-electron chi connectivity index (χ0n) is 11.1. The average Bonchev–Trinajstić information content (AvgIpc) is 2.45. The predicted molar refractivity (Wildman–Crippen MR) is 83.7 cm³/mol. The third-order valence-corrected chi connectivity index (χ3v) is 3.71. The molecule has 0 radical (unpaired) electrons. The predicted octanol–water partition coefficient (Wildman–Crippen LogP) is 4.53. The second-order valence-electron chi connectivity index (χ2n) is 4.64. The Balaban J connectivity index is 1.97. The Morgan fingerprint density at radius 3 is 2.40 bits per heavy atom. The van der Waals surface area contributed by atoms with Crippen molar-refractivity contribution in [2.24, 2.45) is 0 Å². The van der Waals surface area contributed by atoms with Crippen LogP contribution >= 0.6 is 23.2 Å². The Hall–Kier alpha value is -1.51. The van der Waals surface area contributed by atoms with Crippen molar-refractivity contribution < 1.29 is 4.79 Å². The van der Waals surface area contributed by atoms with E-state index in [0.29, 0.717) is 22.2 Å². The van der Waals surface area contributed by atoms with Crippen LogP contribution in [-0.4, -0.2) is 12.5 Å². The number of nitrogens with one attached hydrogen (secondary N) is 1. The van der Waals surface area contributed by atoms with Gasteiger partial charge in [0.05, 0.1) is 10.6 Å². The molecule has 4 heteroatoms. The zero-order chi connectivity index (χ0) is 14.5. The maximum atomic E-state index is 12.0. The molecule has 20 heavy (non-hydrogen) atoms. The van der Waals surface area contributed by atoms with Crippen LogP contribution in [-0.2, 0) is 0 Å². The van der Waals surface area contributed by atoms with Crippen LogP contribution in [0.2, 0.25) is 10.0 Å². The Morgan fingerprint density at radius 1 is 1.10 bits per heavy atom. The summed E-state index contributed by atoms with van der Waals surface area (Å²) in [5, 5.41) is 4.07. The van der Waals surface area contributed by atoms with Crippen molar-refractivity contribution in [1.82, 2.24) is 5.32 Å². The molecule has 2 aromatic rings. The number of amides is 1. The molecule has 2 aromatic carbocycles. The van der Waals surface area contributed by atoms with E-state index in [9.17, 15) is 4.79 Å². The van der Waals surface area contributed by atoms with Crippen LogP contribution in [0, 0.1) is 0 Å². The number of carbonyl (C=O) groups excluding carboxylic acids is 1. The summed E-state index contributed by atoms with van der Waals surface area (Å²) >= 11 is 11.9. The summed E-state index contributed by atoms with van der Waals surface area (Å²) < 4.78 is 0. The second kappa shape index (κ2) is 6.78. The van der Waals surface area contributed by atoms with Crippen molar-refractivity contribution >= 4 is 29.1 Å². The van der Waals surface area contributed by atoms with Crippen LogP contribution in [0.4, 0.5) is 0 Å². The molecule has 1 amide bonds. The molecule has 0 fully saturated rings. The van der Waals surface area contributed by atoms with Gasteiger partial charge in [-0.25, -0.2) is 0 Å². The first-order valence-corrected chi connectivity index (χ1v) is 7.11. The molecule has 2 nitrogen and oxygen atoms in total. The Kier molecular flexibility index (Phi) is 5.05. The van der Waals surface area contributed by atoms with E-state index in [2.05, 4.69) is 12.2 Å². The van der Waals surface area contributed by atoms with Crippen LogP contribution in [0.3, 0.4) is 0 Å². The van der Waals surface area contributed by atoms with Gasteiger partial charge in [-0.15, -0.1) is 0 Å². The summed E-state index contributed by atoms with van der Waals surface area (Å²) in [6.07, 6.45) is 0. The molecular weight excluding hydrogens is 293 g/mol. The molecule has 1 atom stereocenters. The molecular formula is C16H15Cl2NO. The lowest BCUT2D eigenvalue weighted by atomic mass is 10.0. The van der Waals surface area contributed by atoms with Gasteiger partial charge in [0.25, 0.3) is 5.91 Å². The van der Waals surface area contributed by atoms with Crippen molar-refractivity contribution in [3.63, 3.8) is 0 Å². The van der Waals surface area contributed by atoms with Crippen LogP contribution < -0.4 is 5.32 Å². The van der Waals surface area contributed by atoms with Gasteiger partial charge in [-0.2, -0.15) is 0 Å². The normalized spacial score (nSPS) is 11.9. The van der Waals surface area contributed by atoms with Crippen molar-refractivity contribution in [3.8, 4) is 0 Å². The monoisotopic (exact) mass is 307 g/mol. The third-order valence-electron chi connectivity index (χ3n) is 3.13. The van der Waals surface area contributed by atoms with Crippen LogP contribution in [0.25, 0.3) is 0 Å². The minimum atomic E-state index is -0.156. The topological polar surface area (TPSA) is 29.1 Å². The highest BCUT2D eigenvalue weighted by Crippen LogP contribution is 2.18. The number of hydrogen-bond donors (Lipinski definition) is 1. The van der Waals surface area contributed by atoms with Gasteiger partial charge in [0.15, 0.2) is 0 Å². The van der Waals surface area contributed by atoms with Crippen molar-refractivity contribution in [2.45, 2.75) is 12.8 Å². The fourth-order valence-corrected chi connectivity index (χ4v) is 2.24. The first-order valence-electron chi connectivity index (χ1n) is 6.36. The highest BCUT2D eigenvalue weighted by Gasteiger charge is 2.11. The van der Waals surface area contributed by atoms with Crippen LogP contribution in [0.15, 0.2) is 48.5 Å². The summed E-state index contributed by atoms with van der Waals surface area (Å²) in [7, 11) is 0. The first kappa shape index (κ1) is 14.9. The molecule has 0 spiro atoms. The Morgan fingerprint density at radius 2 is 1.75 bits per heavy atom. The van der Waals surface area contributed by atoms with Gasteiger partial charge in [0, 0.05) is 11.6 Å². The fourth-order valence-electron chi connectivity index (χ4n) is 1.90. The van der Waals surface area contributed by atoms with Crippen molar-refractivity contribution in [2.75, 3.05) is 6.54 Å². The van der Waals surface area contributed by atoms with Gasteiger partial charge in [0.1, 0.15) is 0 Å². The molecule has 1 unspecified atom stereocenters. The molecule has 0 aliphatic carbocycles. The van der Waals surface area contributed by atoms with E-state index in [-0.39, 0.29) is 11.8 Å². The minimum absolute atomic E-state index is 0.156. The van der Waals surface area contributed by atoms with Crippen molar-refractivity contribution in [3.05, 3.63) is 69.7 Å². The number of hydrogen-bond acceptors (Lipinski definition) is 1. The lowest BCUT2D eigenvalue weighted by molar-refractivity contribution is 0.0952. The quantitative estimate of drug-likeness (QED) is 0.883. The maximum Gasteiger partial charge on any atom is 0.252 e. The Labute approximate surface area is 128 Å². The lowest BCUT2D eigenvalue weighted by Gasteiger charge is -2.13. The van der Waals surface area contributed by atoms with Crippen LogP contribution in [0.1, 0.15) is 28.8 Å². The molecule has 0 bridgehead atoms. The van der Waals surface area contributed by atoms with Crippen LogP contribution in [0.5, 0.6) is 0 Å². The highest BCUT2D eigenvalue weighted by atomic mass is 35.5. The summed E-state index contributed by atoms with van der Waals surface area (Å²) in [5.41, 5.74) is 1.63. The SMILES string of the molecule is CC(CNC(=O)c1ccccc1Cl)c1ccc(Cl)cc1. The van der Waals surface area contributed by atoms with E-state index < -0.39 is 0 Å². The van der Waals surface area contributed by atoms with E-state index >= 15 is 0 Å². The van der Waals surface area contributed by atoms with Gasteiger partial charge in [-0.1, -0.05) is 54.4 Å². The molecule has 2 rings (SSSR count). The van der Waals surface area contributed by atoms with Crippen molar-refractivity contribution in [1.29, 1.82) is 0 Å². The maximum absolute atomic E-state index is 12.0. The molecule has 0 saturated carbocycles. The van der Waals surface area contributed by atoms with Gasteiger partial charge in [0.2, 0.25) is 0 Å². The van der Waals surface area contributed by atoms with E-state index in [1.54, 1.807) is 24.3 Å². The summed E-state index contributed by atoms with van der Waals surface area (Å²) in [6.45, 7) is 2.60. The summed E-state index contributed by atoms with van der Waals surface area (Å²) in [4.78, 5) is 12.0.